The van der Waals surface area contributed by atoms with Gasteiger partial charge >= 0.3 is 11.7 Å². The number of nitrogens with one attached hydrogen (secondary N) is 1. The summed E-state index contributed by atoms with van der Waals surface area (Å²) in [5.74, 6) is 5.16. The van der Waals surface area contributed by atoms with Gasteiger partial charge in [-0.3, -0.25) is 18.7 Å². The van der Waals surface area contributed by atoms with Crippen molar-refractivity contribution < 1.29 is 14.3 Å². The molecule has 0 aliphatic rings. The van der Waals surface area contributed by atoms with Gasteiger partial charge in [0.15, 0.2) is 0 Å². The third-order valence-corrected chi connectivity index (χ3v) is 5.53. The van der Waals surface area contributed by atoms with E-state index in [1.54, 1.807) is 79.7 Å². The fourth-order valence-corrected chi connectivity index (χ4v) is 3.81. The number of rotatable bonds is 5. The van der Waals surface area contributed by atoms with Crippen molar-refractivity contribution in [3.8, 4) is 11.8 Å². The molecule has 0 saturated heterocycles. The smallest absolute Gasteiger partial charge is 0.337 e. The molecule has 0 atom stereocenters. The van der Waals surface area contributed by atoms with E-state index in [9.17, 15) is 19.2 Å². The molecule has 0 aliphatic carbocycles. The molecule has 36 heavy (non-hydrogen) atoms. The van der Waals surface area contributed by atoms with Crippen LogP contribution in [0.2, 0.25) is 0 Å². The molecule has 4 rings (SSSR count). The van der Waals surface area contributed by atoms with Gasteiger partial charge in [-0.15, -0.1) is 0 Å². The Balaban J connectivity index is 1.56. The van der Waals surface area contributed by atoms with Crippen LogP contribution in [0.5, 0.6) is 0 Å². The molecule has 0 fully saturated rings. The van der Waals surface area contributed by atoms with Gasteiger partial charge in [0.25, 0.3) is 5.56 Å². The standard InChI is InChI=1S/C28H23N3O5/c1-3-30-26(33)23-12-4-5-13-24(23)31(28(30)35)18-25(32)29-22-11-7-9-20(17-22)15-14-19-8-6-10-21(16-19)27(34)36-2/h4-13,16-17H,3,18H2,1-2H3,(H,29,32). The van der Waals surface area contributed by atoms with Crippen molar-refractivity contribution in [2.24, 2.45) is 0 Å². The second-order valence-corrected chi connectivity index (χ2v) is 7.89. The Hall–Kier alpha value is -4.90. The zero-order valence-electron chi connectivity index (χ0n) is 19.8. The molecule has 1 heterocycles. The monoisotopic (exact) mass is 481 g/mol. The van der Waals surface area contributed by atoms with E-state index in [-0.39, 0.29) is 18.6 Å². The molecule has 0 bridgehead atoms. The van der Waals surface area contributed by atoms with Gasteiger partial charge in [-0.1, -0.05) is 36.1 Å². The summed E-state index contributed by atoms with van der Waals surface area (Å²) in [6, 6.07) is 20.5. The molecule has 1 amide bonds. The number of hydrogen-bond donors (Lipinski definition) is 1. The molecule has 0 saturated carbocycles. The Labute approximate surface area is 206 Å². The molecule has 0 spiro atoms. The van der Waals surface area contributed by atoms with Crippen LogP contribution in [-0.4, -0.2) is 28.1 Å². The number of hydrogen-bond acceptors (Lipinski definition) is 5. The summed E-state index contributed by atoms with van der Waals surface area (Å²) < 4.78 is 7.14. The van der Waals surface area contributed by atoms with Gasteiger partial charge in [0.05, 0.1) is 23.6 Å². The maximum atomic E-state index is 12.9. The lowest BCUT2D eigenvalue weighted by Gasteiger charge is -2.13. The molecule has 8 nitrogen and oxygen atoms in total. The van der Waals surface area contributed by atoms with Crippen molar-refractivity contribution in [3.63, 3.8) is 0 Å². The first-order valence-electron chi connectivity index (χ1n) is 11.2. The van der Waals surface area contributed by atoms with E-state index in [1.807, 2.05) is 0 Å². The normalized spacial score (nSPS) is 10.4. The van der Waals surface area contributed by atoms with Gasteiger partial charge in [-0.25, -0.2) is 9.59 Å². The summed E-state index contributed by atoms with van der Waals surface area (Å²) in [6.45, 7) is 1.66. The highest BCUT2D eigenvalue weighted by Gasteiger charge is 2.14. The van der Waals surface area contributed by atoms with Crippen molar-refractivity contribution in [3.05, 3.63) is 110 Å². The highest BCUT2D eigenvalue weighted by molar-refractivity contribution is 5.92. The van der Waals surface area contributed by atoms with Crippen molar-refractivity contribution in [2.75, 3.05) is 12.4 Å². The second kappa shape index (κ2) is 10.6. The molecule has 1 N–H and O–H groups in total. The average Bonchev–Trinajstić information content (AvgIpc) is 2.90. The van der Waals surface area contributed by atoms with E-state index in [4.69, 9.17) is 4.74 Å². The van der Waals surface area contributed by atoms with Crippen LogP contribution in [0.15, 0.2) is 82.4 Å². The minimum Gasteiger partial charge on any atom is -0.465 e. The van der Waals surface area contributed by atoms with E-state index in [0.717, 1.165) is 4.57 Å². The van der Waals surface area contributed by atoms with Crippen LogP contribution in [0.4, 0.5) is 5.69 Å². The van der Waals surface area contributed by atoms with Crippen LogP contribution in [0, 0.1) is 11.8 Å². The molecular weight excluding hydrogens is 458 g/mol. The van der Waals surface area contributed by atoms with Crippen molar-refractivity contribution in [1.82, 2.24) is 9.13 Å². The molecular formula is C28H23N3O5. The second-order valence-electron chi connectivity index (χ2n) is 7.89. The largest absolute Gasteiger partial charge is 0.465 e. The number of carbonyl (C=O) groups excluding carboxylic acids is 2. The van der Waals surface area contributed by atoms with Gasteiger partial charge in [0.2, 0.25) is 5.91 Å². The van der Waals surface area contributed by atoms with Crippen LogP contribution < -0.4 is 16.6 Å². The van der Waals surface area contributed by atoms with Gasteiger partial charge in [-0.05, 0) is 55.5 Å². The number of amides is 1. The zero-order valence-corrected chi connectivity index (χ0v) is 19.8. The number of nitrogens with zero attached hydrogens (tertiary/aromatic N) is 2. The Morgan fingerprint density at radius 3 is 2.31 bits per heavy atom. The number of benzene rings is 3. The molecule has 4 aromatic rings. The van der Waals surface area contributed by atoms with Gasteiger partial charge in [0, 0.05) is 23.4 Å². The number of anilines is 1. The van der Waals surface area contributed by atoms with Crippen LogP contribution in [0.3, 0.4) is 0 Å². The predicted molar refractivity (Wildman–Crippen MR) is 137 cm³/mol. The Kier molecular flexibility index (Phi) is 7.12. The number of esters is 1. The van der Waals surface area contributed by atoms with Crippen molar-refractivity contribution in [1.29, 1.82) is 0 Å². The first-order valence-corrected chi connectivity index (χ1v) is 11.2. The molecule has 0 aliphatic heterocycles. The highest BCUT2D eigenvalue weighted by atomic mass is 16.5. The topological polar surface area (TPSA) is 99.4 Å². The summed E-state index contributed by atoms with van der Waals surface area (Å²) in [5.41, 5.74) is 1.70. The SMILES string of the molecule is CCn1c(=O)c2ccccc2n(CC(=O)Nc2cccc(C#Cc3cccc(C(=O)OC)c3)c2)c1=O. The van der Waals surface area contributed by atoms with Gasteiger partial charge in [-0.2, -0.15) is 0 Å². The summed E-state index contributed by atoms with van der Waals surface area (Å²) in [7, 11) is 1.32. The third kappa shape index (κ3) is 5.10. The quantitative estimate of drug-likeness (QED) is 0.349. The lowest BCUT2D eigenvalue weighted by Crippen LogP contribution is -2.41. The van der Waals surface area contributed by atoms with Gasteiger partial charge in [0.1, 0.15) is 6.54 Å². The van der Waals surface area contributed by atoms with Crippen molar-refractivity contribution >= 4 is 28.5 Å². The average molecular weight is 482 g/mol. The summed E-state index contributed by atoms with van der Waals surface area (Å²) >= 11 is 0. The van der Waals surface area contributed by atoms with Crippen LogP contribution in [0.1, 0.15) is 28.4 Å². The fourth-order valence-electron chi connectivity index (χ4n) is 3.81. The number of fused-ring (bicyclic) bond motifs is 1. The third-order valence-electron chi connectivity index (χ3n) is 5.53. The number of aromatic nitrogens is 2. The lowest BCUT2D eigenvalue weighted by molar-refractivity contribution is -0.116. The van der Waals surface area contributed by atoms with Crippen LogP contribution >= 0.6 is 0 Å². The number of para-hydroxylation sites is 1. The van der Waals surface area contributed by atoms with Crippen LogP contribution in [0.25, 0.3) is 10.9 Å². The zero-order chi connectivity index (χ0) is 25.7. The fraction of sp³-hybridized carbons (Fsp3) is 0.143. The van der Waals surface area contributed by atoms with E-state index in [2.05, 4.69) is 17.2 Å². The molecule has 3 aromatic carbocycles. The molecule has 180 valence electrons. The van der Waals surface area contributed by atoms with E-state index < -0.39 is 17.6 Å². The van der Waals surface area contributed by atoms with Crippen molar-refractivity contribution in [2.45, 2.75) is 20.0 Å². The first kappa shape index (κ1) is 24.2. The number of carbonyl (C=O) groups is 2. The predicted octanol–water partition coefficient (Wildman–Crippen LogP) is 3.01. The Morgan fingerprint density at radius 1 is 0.889 bits per heavy atom. The molecule has 1 aromatic heterocycles. The Morgan fingerprint density at radius 2 is 1.58 bits per heavy atom. The van der Waals surface area contributed by atoms with E-state index >= 15 is 0 Å². The van der Waals surface area contributed by atoms with E-state index in [1.165, 1.54) is 11.7 Å². The lowest BCUT2D eigenvalue weighted by atomic mass is 10.1. The summed E-state index contributed by atoms with van der Waals surface area (Å²) in [6.07, 6.45) is 0. The maximum absolute atomic E-state index is 12.9. The Bertz CT molecular complexity index is 1650. The molecule has 0 radical (unpaired) electrons. The van der Waals surface area contributed by atoms with Gasteiger partial charge < -0.3 is 10.1 Å². The van der Waals surface area contributed by atoms with E-state index in [0.29, 0.717) is 33.3 Å². The highest BCUT2D eigenvalue weighted by Crippen LogP contribution is 2.12. The molecule has 0 unspecified atom stereocenters. The summed E-state index contributed by atoms with van der Waals surface area (Å²) in [5, 5.41) is 3.16. The maximum Gasteiger partial charge on any atom is 0.337 e. The number of ether oxygens (including phenoxy) is 1. The summed E-state index contributed by atoms with van der Waals surface area (Å²) in [4.78, 5) is 50.0. The van der Waals surface area contributed by atoms with Crippen LogP contribution in [-0.2, 0) is 22.6 Å². The minimum atomic E-state index is -0.537. The molecule has 8 heteroatoms. The first-order chi connectivity index (χ1) is 17.4. The minimum absolute atomic E-state index is 0.202. The number of methoxy groups -OCH3 is 1.